The van der Waals surface area contributed by atoms with Crippen molar-refractivity contribution in [1.82, 2.24) is 14.9 Å². The van der Waals surface area contributed by atoms with Gasteiger partial charge in [0.25, 0.3) is 0 Å². The van der Waals surface area contributed by atoms with Gasteiger partial charge in [0.05, 0.1) is 0 Å². The first kappa shape index (κ1) is 9.91. The van der Waals surface area contributed by atoms with Gasteiger partial charge in [-0.2, -0.15) is 5.01 Å². The standard InChI is InChI=1S/C8H12N4O3/c1-7(2)8(3,14)12(6(13)15-7)11-4-9-10-5-11/h4-5,14H,1-3H3/t8-/m1/s1. The van der Waals surface area contributed by atoms with E-state index in [0.717, 1.165) is 5.01 Å². The molecular formula is C8H12N4O3. The minimum Gasteiger partial charge on any atom is -0.437 e. The smallest absolute Gasteiger partial charge is 0.432 e. The van der Waals surface area contributed by atoms with Gasteiger partial charge in [-0.25, -0.2) is 9.47 Å². The van der Waals surface area contributed by atoms with Crippen molar-refractivity contribution in [3.8, 4) is 0 Å². The Kier molecular flexibility index (Phi) is 1.78. The van der Waals surface area contributed by atoms with Gasteiger partial charge in [0.15, 0.2) is 11.3 Å². The van der Waals surface area contributed by atoms with Crippen LogP contribution in [0.5, 0.6) is 0 Å². The van der Waals surface area contributed by atoms with Gasteiger partial charge >= 0.3 is 6.09 Å². The largest absolute Gasteiger partial charge is 0.437 e. The number of hydrogen-bond acceptors (Lipinski definition) is 5. The zero-order chi connectivity index (χ0) is 11.3. The van der Waals surface area contributed by atoms with E-state index < -0.39 is 17.4 Å². The second-order valence-electron chi connectivity index (χ2n) is 4.05. The Morgan fingerprint density at radius 3 is 2.27 bits per heavy atom. The van der Waals surface area contributed by atoms with Gasteiger partial charge in [0.1, 0.15) is 12.7 Å². The molecule has 0 spiro atoms. The van der Waals surface area contributed by atoms with Crippen LogP contribution in [0.15, 0.2) is 12.7 Å². The molecular weight excluding hydrogens is 200 g/mol. The first-order chi connectivity index (χ1) is 6.86. The highest BCUT2D eigenvalue weighted by Gasteiger charge is 2.58. The molecule has 1 atom stereocenters. The Morgan fingerprint density at radius 2 is 1.87 bits per heavy atom. The Morgan fingerprint density at radius 1 is 1.33 bits per heavy atom. The molecule has 1 aromatic heterocycles. The third-order valence-electron chi connectivity index (χ3n) is 2.71. The molecule has 2 rings (SSSR count). The molecule has 1 amide bonds. The monoisotopic (exact) mass is 212 g/mol. The summed E-state index contributed by atoms with van der Waals surface area (Å²) in [5.74, 6) is 0. The van der Waals surface area contributed by atoms with E-state index in [4.69, 9.17) is 4.74 Å². The molecule has 1 N–H and O–H groups in total. The predicted octanol–water partition coefficient (Wildman–Crippen LogP) is -0.147. The van der Waals surface area contributed by atoms with E-state index in [0.29, 0.717) is 0 Å². The van der Waals surface area contributed by atoms with E-state index in [2.05, 4.69) is 10.2 Å². The summed E-state index contributed by atoms with van der Waals surface area (Å²) in [5, 5.41) is 18.4. The highest BCUT2D eigenvalue weighted by molar-refractivity contribution is 5.83. The molecule has 15 heavy (non-hydrogen) atoms. The van der Waals surface area contributed by atoms with E-state index in [9.17, 15) is 9.90 Å². The average molecular weight is 212 g/mol. The maximum atomic E-state index is 11.6. The lowest BCUT2D eigenvalue weighted by molar-refractivity contribution is -0.0787. The van der Waals surface area contributed by atoms with E-state index in [1.165, 1.54) is 24.3 Å². The highest BCUT2D eigenvalue weighted by Crippen LogP contribution is 2.35. The van der Waals surface area contributed by atoms with Gasteiger partial charge in [0.2, 0.25) is 0 Å². The second kappa shape index (κ2) is 2.69. The molecule has 0 aromatic carbocycles. The number of carbonyl (C=O) groups excluding carboxylic acids is 1. The van der Waals surface area contributed by atoms with E-state index in [1.807, 2.05) is 0 Å². The Hall–Kier alpha value is -1.63. The van der Waals surface area contributed by atoms with E-state index in [1.54, 1.807) is 13.8 Å². The maximum absolute atomic E-state index is 11.6. The van der Waals surface area contributed by atoms with Crippen LogP contribution in [0.1, 0.15) is 20.8 Å². The number of aliphatic hydroxyl groups is 1. The van der Waals surface area contributed by atoms with Crippen LogP contribution in [0, 0.1) is 0 Å². The fourth-order valence-electron chi connectivity index (χ4n) is 1.41. The summed E-state index contributed by atoms with van der Waals surface area (Å²) in [5.41, 5.74) is -2.44. The fraction of sp³-hybridized carbons (Fsp3) is 0.625. The van der Waals surface area contributed by atoms with Crippen LogP contribution in [-0.4, -0.2) is 37.4 Å². The molecule has 1 fully saturated rings. The lowest BCUT2D eigenvalue weighted by Gasteiger charge is -2.34. The zero-order valence-corrected chi connectivity index (χ0v) is 8.71. The highest BCUT2D eigenvalue weighted by atomic mass is 16.6. The van der Waals surface area contributed by atoms with Crippen molar-refractivity contribution in [2.24, 2.45) is 0 Å². The zero-order valence-electron chi connectivity index (χ0n) is 8.71. The van der Waals surface area contributed by atoms with Crippen molar-refractivity contribution in [3.05, 3.63) is 12.7 Å². The van der Waals surface area contributed by atoms with Gasteiger partial charge in [-0.1, -0.05) is 0 Å². The lowest BCUT2D eigenvalue weighted by atomic mass is 9.97. The van der Waals surface area contributed by atoms with Crippen molar-refractivity contribution < 1.29 is 14.6 Å². The van der Waals surface area contributed by atoms with Gasteiger partial charge < -0.3 is 9.84 Å². The van der Waals surface area contributed by atoms with Crippen molar-refractivity contribution in [2.75, 3.05) is 5.01 Å². The van der Waals surface area contributed by atoms with Crippen LogP contribution in [0.4, 0.5) is 4.79 Å². The summed E-state index contributed by atoms with van der Waals surface area (Å²) in [6.07, 6.45) is 2.00. The minimum absolute atomic E-state index is 0.634. The fourth-order valence-corrected chi connectivity index (χ4v) is 1.41. The molecule has 82 valence electrons. The van der Waals surface area contributed by atoms with Crippen LogP contribution < -0.4 is 5.01 Å². The summed E-state index contributed by atoms with van der Waals surface area (Å²) in [7, 11) is 0. The van der Waals surface area contributed by atoms with Crippen LogP contribution in [0.3, 0.4) is 0 Å². The van der Waals surface area contributed by atoms with Crippen molar-refractivity contribution in [3.63, 3.8) is 0 Å². The molecule has 1 aromatic rings. The molecule has 2 heterocycles. The summed E-state index contributed by atoms with van der Waals surface area (Å²) < 4.78 is 6.35. The second-order valence-corrected chi connectivity index (χ2v) is 4.05. The normalized spacial score (nSPS) is 29.3. The molecule has 0 aliphatic carbocycles. The molecule has 1 saturated heterocycles. The lowest BCUT2D eigenvalue weighted by Crippen LogP contribution is -2.57. The third-order valence-corrected chi connectivity index (χ3v) is 2.71. The Bertz CT molecular complexity index is 385. The number of ether oxygens (including phenoxy) is 1. The SMILES string of the molecule is CC1(C)OC(=O)N(n2cnnc2)[C@]1(C)O. The van der Waals surface area contributed by atoms with Crippen LogP contribution >= 0.6 is 0 Å². The maximum Gasteiger partial charge on any atom is 0.432 e. The summed E-state index contributed by atoms with van der Waals surface area (Å²) >= 11 is 0. The summed E-state index contributed by atoms with van der Waals surface area (Å²) in [6.45, 7) is 4.77. The Labute approximate surface area is 86.2 Å². The number of amides is 1. The van der Waals surface area contributed by atoms with Gasteiger partial charge in [-0.3, -0.25) is 0 Å². The van der Waals surface area contributed by atoms with Gasteiger partial charge in [-0.05, 0) is 20.8 Å². The molecule has 0 bridgehead atoms. The summed E-state index contributed by atoms with van der Waals surface area (Å²) in [4.78, 5) is 11.6. The summed E-state index contributed by atoms with van der Waals surface area (Å²) in [6, 6.07) is 0. The first-order valence-corrected chi connectivity index (χ1v) is 4.47. The molecule has 0 unspecified atom stereocenters. The molecule has 1 aliphatic heterocycles. The van der Waals surface area contributed by atoms with Crippen molar-refractivity contribution in [2.45, 2.75) is 32.1 Å². The van der Waals surface area contributed by atoms with Crippen molar-refractivity contribution in [1.29, 1.82) is 0 Å². The molecule has 0 saturated carbocycles. The quantitative estimate of drug-likeness (QED) is 0.700. The number of cyclic esters (lactones) is 1. The van der Waals surface area contributed by atoms with Gasteiger partial charge in [-0.15, -0.1) is 10.2 Å². The number of aromatic nitrogens is 3. The molecule has 0 radical (unpaired) electrons. The topological polar surface area (TPSA) is 80.5 Å². The van der Waals surface area contributed by atoms with Crippen LogP contribution in [0.2, 0.25) is 0 Å². The molecule has 1 aliphatic rings. The van der Waals surface area contributed by atoms with E-state index >= 15 is 0 Å². The number of nitrogens with zero attached hydrogens (tertiary/aromatic N) is 4. The number of hydrogen-bond donors (Lipinski definition) is 1. The Balaban J connectivity index is 2.46. The number of rotatable bonds is 1. The molecule has 7 nitrogen and oxygen atoms in total. The average Bonchev–Trinajstić information content (AvgIpc) is 2.59. The van der Waals surface area contributed by atoms with Crippen LogP contribution in [-0.2, 0) is 4.74 Å². The predicted molar refractivity (Wildman–Crippen MR) is 49.4 cm³/mol. The minimum atomic E-state index is -1.45. The molecule has 7 heteroatoms. The first-order valence-electron chi connectivity index (χ1n) is 4.47. The van der Waals surface area contributed by atoms with Crippen LogP contribution in [0.25, 0.3) is 0 Å². The third kappa shape index (κ3) is 1.19. The van der Waals surface area contributed by atoms with Crippen molar-refractivity contribution >= 4 is 6.09 Å². The van der Waals surface area contributed by atoms with E-state index in [-0.39, 0.29) is 0 Å². The van der Waals surface area contributed by atoms with Gasteiger partial charge in [0, 0.05) is 0 Å². The number of carbonyl (C=O) groups is 1.